The van der Waals surface area contributed by atoms with Crippen LogP contribution >= 0.6 is 0 Å². The first-order valence-corrected chi connectivity index (χ1v) is 6.08. The Morgan fingerprint density at radius 2 is 1.88 bits per heavy atom. The summed E-state index contributed by atoms with van der Waals surface area (Å²) in [4.78, 5) is 9.38. The van der Waals surface area contributed by atoms with E-state index >= 15 is 0 Å². The van der Waals surface area contributed by atoms with Crippen molar-refractivity contribution < 1.29 is 19.1 Å². The van der Waals surface area contributed by atoms with Crippen LogP contribution in [0.2, 0.25) is 0 Å². The second kappa shape index (κ2) is 11.5. The van der Waals surface area contributed by atoms with E-state index in [2.05, 4.69) is 39.4 Å². The average Bonchev–Trinajstić information content (AvgIpc) is 2.21. The number of carbonyl (C=O) groups excluding carboxylic acids is 1. The highest BCUT2D eigenvalue weighted by Crippen LogP contribution is 2.01. The summed E-state index contributed by atoms with van der Waals surface area (Å²) < 4.78 is 4.99. The van der Waals surface area contributed by atoms with E-state index in [-0.39, 0.29) is 6.61 Å². The highest BCUT2D eigenvalue weighted by molar-refractivity contribution is 5.54. The average molecular weight is 245 g/mol. The van der Waals surface area contributed by atoms with Gasteiger partial charge in [-0.25, -0.2) is 0 Å². The molecule has 102 valence electrons. The third-order valence-corrected chi connectivity index (χ3v) is 2.00. The summed E-state index contributed by atoms with van der Waals surface area (Å²) >= 11 is 0. The van der Waals surface area contributed by atoms with Gasteiger partial charge in [0.1, 0.15) is 0 Å². The number of nitrogens with zero attached hydrogens (tertiary/aromatic N) is 1. The van der Waals surface area contributed by atoms with Gasteiger partial charge >= 0.3 is 0 Å². The molecule has 0 aromatic rings. The molecule has 0 bridgehead atoms. The topological polar surface area (TPSA) is 49.4 Å². The Morgan fingerprint density at radius 1 is 1.29 bits per heavy atom. The van der Waals surface area contributed by atoms with Crippen molar-refractivity contribution in [3.8, 4) is 0 Å². The normalized spacial score (nSPS) is 10.1. The first-order valence-electron chi connectivity index (χ1n) is 6.08. The van der Waals surface area contributed by atoms with Gasteiger partial charge in [0.15, 0.2) is 0 Å². The summed E-state index contributed by atoms with van der Waals surface area (Å²) in [7, 11) is 6.77. The zero-order valence-corrected chi connectivity index (χ0v) is 11.7. The number of unbranched alkanes of at least 4 members (excludes halogenated alkanes) is 3. The molecule has 0 saturated heterocycles. The summed E-state index contributed by atoms with van der Waals surface area (Å²) in [6.45, 7) is 6.79. The van der Waals surface area contributed by atoms with Crippen LogP contribution in [-0.4, -0.2) is 44.9 Å². The molecule has 17 heavy (non-hydrogen) atoms. The van der Waals surface area contributed by atoms with Crippen LogP contribution in [0.25, 0.3) is 0 Å². The lowest BCUT2D eigenvalue weighted by atomic mass is 10.2. The minimum atomic E-state index is -1.51. The molecule has 4 nitrogen and oxygen atoms in total. The van der Waals surface area contributed by atoms with Crippen LogP contribution in [0.3, 0.4) is 0 Å². The molecule has 0 saturated carbocycles. The second-order valence-corrected chi connectivity index (χ2v) is 4.92. The highest BCUT2D eigenvalue weighted by atomic mass is 16.7. The van der Waals surface area contributed by atoms with Gasteiger partial charge in [0.2, 0.25) is 0 Å². The summed E-state index contributed by atoms with van der Waals surface area (Å²) in [5.74, 6) is 0. The van der Waals surface area contributed by atoms with Gasteiger partial charge in [-0.3, -0.25) is 0 Å². The number of rotatable bonds is 7. The maximum absolute atomic E-state index is 9.38. The van der Waals surface area contributed by atoms with Gasteiger partial charge in [0.25, 0.3) is 6.16 Å². The van der Waals surface area contributed by atoms with Gasteiger partial charge < -0.3 is 19.1 Å². The Labute approximate surface area is 105 Å². The quantitative estimate of drug-likeness (QED) is 0.297. The molecule has 0 rings (SSSR count). The maximum atomic E-state index is 9.38. The van der Waals surface area contributed by atoms with E-state index in [1.165, 1.54) is 38.3 Å². The van der Waals surface area contributed by atoms with Gasteiger partial charge in [-0.2, -0.15) is 0 Å². The molecule has 0 amide bonds. The van der Waals surface area contributed by atoms with Gasteiger partial charge in [0.05, 0.1) is 27.7 Å². The SMILES string of the molecule is C=CCOC(=O)[O-].CCCCCC[N+](C)(C)C. The van der Waals surface area contributed by atoms with Crippen molar-refractivity contribution in [3.63, 3.8) is 0 Å². The van der Waals surface area contributed by atoms with Crippen LogP contribution in [-0.2, 0) is 4.74 Å². The summed E-state index contributed by atoms with van der Waals surface area (Å²) in [6.07, 6.45) is 5.36. The Kier molecular flexibility index (Phi) is 12.4. The molecule has 0 atom stereocenters. The predicted molar refractivity (Wildman–Crippen MR) is 68.6 cm³/mol. The van der Waals surface area contributed by atoms with Crippen molar-refractivity contribution in [1.82, 2.24) is 0 Å². The first-order chi connectivity index (χ1) is 7.83. The molecule has 0 aliphatic rings. The van der Waals surface area contributed by atoms with Crippen molar-refractivity contribution >= 4 is 6.16 Å². The molecule has 0 unspecified atom stereocenters. The lowest BCUT2D eigenvalue weighted by molar-refractivity contribution is -0.870. The van der Waals surface area contributed by atoms with Crippen molar-refractivity contribution in [2.24, 2.45) is 0 Å². The van der Waals surface area contributed by atoms with E-state index in [0.29, 0.717) is 0 Å². The molecule has 0 aliphatic carbocycles. The van der Waals surface area contributed by atoms with E-state index in [0.717, 1.165) is 4.48 Å². The van der Waals surface area contributed by atoms with Crippen LogP contribution in [0.5, 0.6) is 0 Å². The van der Waals surface area contributed by atoms with Gasteiger partial charge in [0, 0.05) is 6.61 Å². The largest absolute Gasteiger partial charge is 0.546 e. The minimum Gasteiger partial charge on any atom is -0.546 e. The smallest absolute Gasteiger partial charge is 0.252 e. The molecule has 0 aliphatic heterocycles. The number of carbonyl (C=O) groups is 1. The van der Waals surface area contributed by atoms with Crippen molar-refractivity contribution in [2.75, 3.05) is 34.3 Å². The Morgan fingerprint density at radius 3 is 2.18 bits per heavy atom. The Hall–Kier alpha value is -1.03. The lowest BCUT2D eigenvalue weighted by Gasteiger charge is -2.23. The number of carboxylic acid groups (broad SMARTS) is 1. The minimum absolute atomic E-state index is 0.00231. The number of quaternary nitrogens is 1. The van der Waals surface area contributed by atoms with Crippen molar-refractivity contribution in [1.29, 1.82) is 0 Å². The fourth-order valence-corrected chi connectivity index (χ4v) is 1.14. The summed E-state index contributed by atoms with van der Waals surface area (Å²) in [5, 5.41) is 9.38. The molecule has 0 aromatic carbocycles. The molecule has 4 heteroatoms. The van der Waals surface area contributed by atoms with Crippen LogP contribution < -0.4 is 5.11 Å². The van der Waals surface area contributed by atoms with Crippen LogP contribution in [0, 0.1) is 0 Å². The van der Waals surface area contributed by atoms with E-state index in [9.17, 15) is 9.90 Å². The molecule has 0 heterocycles. The monoisotopic (exact) mass is 245 g/mol. The number of hydrogen-bond acceptors (Lipinski definition) is 3. The highest BCUT2D eigenvalue weighted by Gasteiger charge is 2.04. The standard InChI is InChI=1S/C9H22N.C4H6O3/c1-5-6-7-8-9-10(2,3)4;1-2-3-7-4(5)6/h5-9H2,1-4H3;2H,1,3H2,(H,5,6)/q+1;/p-1. The molecular formula is C13H27NO3. The zero-order chi connectivity index (χ0) is 13.7. The fourth-order valence-electron chi connectivity index (χ4n) is 1.14. The van der Waals surface area contributed by atoms with E-state index in [1.807, 2.05) is 0 Å². The Balaban J connectivity index is 0. The van der Waals surface area contributed by atoms with E-state index in [4.69, 9.17) is 0 Å². The zero-order valence-electron chi connectivity index (χ0n) is 11.7. The molecule has 0 fully saturated rings. The third kappa shape index (κ3) is 25.3. The molecule has 0 N–H and O–H groups in total. The predicted octanol–water partition coefficient (Wildman–Crippen LogP) is 1.81. The van der Waals surface area contributed by atoms with Crippen LogP contribution in [0.15, 0.2) is 12.7 Å². The first kappa shape index (κ1) is 18.3. The molecular weight excluding hydrogens is 218 g/mol. The van der Waals surface area contributed by atoms with Gasteiger partial charge in [-0.1, -0.05) is 25.8 Å². The molecule has 0 radical (unpaired) electrons. The number of hydrogen-bond donors (Lipinski definition) is 0. The third-order valence-electron chi connectivity index (χ3n) is 2.00. The maximum Gasteiger partial charge on any atom is 0.252 e. The van der Waals surface area contributed by atoms with Crippen LogP contribution in [0.1, 0.15) is 32.6 Å². The van der Waals surface area contributed by atoms with E-state index < -0.39 is 6.16 Å². The van der Waals surface area contributed by atoms with Crippen LogP contribution in [0.4, 0.5) is 4.79 Å². The lowest BCUT2D eigenvalue weighted by Crippen LogP contribution is -2.35. The van der Waals surface area contributed by atoms with E-state index in [1.54, 1.807) is 0 Å². The summed E-state index contributed by atoms with van der Waals surface area (Å²) in [6, 6.07) is 0. The second-order valence-electron chi connectivity index (χ2n) is 4.92. The van der Waals surface area contributed by atoms with Crippen molar-refractivity contribution in [3.05, 3.63) is 12.7 Å². The fraction of sp³-hybridized carbons (Fsp3) is 0.769. The van der Waals surface area contributed by atoms with Gasteiger partial charge in [-0.15, -0.1) is 6.58 Å². The summed E-state index contributed by atoms with van der Waals surface area (Å²) in [5.41, 5.74) is 0. The van der Waals surface area contributed by atoms with Crippen molar-refractivity contribution in [2.45, 2.75) is 32.6 Å². The molecule has 0 aromatic heterocycles. The molecule has 0 spiro atoms. The number of ether oxygens (including phenoxy) is 1. The van der Waals surface area contributed by atoms with Gasteiger partial charge in [-0.05, 0) is 12.8 Å². The Bertz CT molecular complexity index is 197.